The minimum absolute atomic E-state index is 0.0162. The largest absolute Gasteiger partial charge is 0.509 e. The average Bonchev–Trinajstić information content (AvgIpc) is 3.21. The third-order valence-electron chi connectivity index (χ3n) is 12.5. The summed E-state index contributed by atoms with van der Waals surface area (Å²) in [5, 5.41) is 25.6. The molecule has 0 radical (unpaired) electrons. The standard InChI is InChI=1S/C42H43Cl6IO14/c1-20-25(60-35(53)31(29(49)21-11-7-5-8-12-21)62-37(55)59-19-42(46,47)48)16-40(56)33(63-34(52)22-13-9-6-10-14-22)28-23-17-57-24(23)15-26(50)39(28,4)32(51)30(27(20)38(40,2)3)61-36(54)58-18-41(43,44)45/h5-14,23-26,28-31,33,50,56H,15-19H2,1-4H3/t23-,24-,25+,26+,28?,29+,30-,31-,33+,39-,40-/m1/s1. The maximum absolute atomic E-state index is 15.5. The molecule has 1 saturated heterocycles. The molecule has 11 atom stereocenters. The average molecular weight is 1110 g/mol. The first kappa shape index (κ1) is 50.1. The van der Waals surface area contributed by atoms with Gasteiger partial charge in [-0.05, 0) is 42.7 Å². The van der Waals surface area contributed by atoms with Crippen molar-refractivity contribution in [1.29, 1.82) is 0 Å². The predicted octanol–water partition coefficient (Wildman–Crippen LogP) is 8.55. The number of benzene rings is 2. The van der Waals surface area contributed by atoms with E-state index in [-0.39, 0.29) is 29.7 Å². The molecule has 2 aromatic rings. The van der Waals surface area contributed by atoms with Gasteiger partial charge in [0.2, 0.25) is 13.7 Å². The fraction of sp³-hybridized carbons (Fsp3) is 0.548. The number of Topliss-reactive ketones (excluding diaryl/α,β-unsaturated/α-hetero) is 1. The fourth-order valence-electron chi connectivity index (χ4n) is 9.19. The number of aliphatic hydroxyl groups is 2. The van der Waals surface area contributed by atoms with Crippen molar-refractivity contribution in [2.75, 3.05) is 19.8 Å². The van der Waals surface area contributed by atoms with Gasteiger partial charge in [-0.25, -0.2) is 19.2 Å². The fourth-order valence-corrected chi connectivity index (χ4v) is 10.4. The van der Waals surface area contributed by atoms with Gasteiger partial charge in [0.25, 0.3) is 0 Å². The van der Waals surface area contributed by atoms with Crippen molar-refractivity contribution in [2.45, 2.75) is 94.3 Å². The number of fused-ring (bicyclic) bond motifs is 5. The molecule has 1 aliphatic heterocycles. The van der Waals surface area contributed by atoms with Crippen LogP contribution >= 0.6 is 92.2 Å². The monoisotopic (exact) mass is 1110 g/mol. The zero-order valence-corrected chi connectivity index (χ0v) is 40.6. The molecule has 4 aliphatic rings. The van der Waals surface area contributed by atoms with Crippen molar-refractivity contribution < 1.29 is 67.3 Å². The lowest BCUT2D eigenvalue weighted by Crippen LogP contribution is -2.75. The first-order valence-corrected chi connectivity index (χ1v) is 23.0. The van der Waals surface area contributed by atoms with Crippen molar-refractivity contribution in [1.82, 2.24) is 0 Å². The molecule has 3 aliphatic carbocycles. The molecular weight excluding hydrogens is 1070 g/mol. The highest BCUT2D eigenvalue weighted by Gasteiger charge is 2.73. The van der Waals surface area contributed by atoms with E-state index in [2.05, 4.69) is 0 Å². The van der Waals surface area contributed by atoms with Crippen LogP contribution in [0.25, 0.3) is 0 Å². The summed E-state index contributed by atoms with van der Waals surface area (Å²) in [6.45, 7) is 4.62. The molecule has 0 spiro atoms. The molecule has 63 heavy (non-hydrogen) atoms. The Kier molecular flexibility index (Phi) is 15.2. The molecule has 344 valence electrons. The Labute approximate surface area is 406 Å². The summed E-state index contributed by atoms with van der Waals surface area (Å²) in [7, 11) is 0. The van der Waals surface area contributed by atoms with Crippen LogP contribution in [0, 0.1) is 22.7 Å². The lowest BCUT2D eigenvalue weighted by molar-refractivity contribution is -0.277. The maximum Gasteiger partial charge on any atom is 0.509 e. The van der Waals surface area contributed by atoms with E-state index < -0.39 is 126 Å². The quantitative estimate of drug-likeness (QED) is 0.0757. The van der Waals surface area contributed by atoms with Crippen LogP contribution in [0.4, 0.5) is 9.59 Å². The minimum atomic E-state index is -2.30. The number of alkyl halides is 7. The normalized spacial score (nSPS) is 31.0. The van der Waals surface area contributed by atoms with Crippen LogP contribution in [0.1, 0.15) is 60.4 Å². The van der Waals surface area contributed by atoms with Crippen LogP contribution in [-0.4, -0.2) is 110 Å². The molecule has 0 amide bonds. The van der Waals surface area contributed by atoms with Crippen molar-refractivity contribution in [3.63, 3.8) is 0 Å². The molecule has 14 nitrogen and oxygen atoms in total. The Hall–Kier alpha value is -2.32. The minimum Gasteiger partial charge on any atom is -0.455 e. The summed E-state index contributed by atoms with van der Waals surface area (Å²) < 4.78 is 34.9. The summed E-state index contributed by atoms with van der Waals surface area (Å²) >= 11 is 36.8. The van der Waals surface area contributed by atoms with E-state index in [4.69, 9.17) is 103 Å². The van der Waals surface area contributed by atoms with E-state index in [0.29, 0.717) is 5.56 Å². The highest BCUT2D eigenvalue weighted by atomic mass is 127. The van der Waals surface area contributed by atoms with Gasteiger partial charge in [0.15, 0.2) is 11.9 Å². The van der Waals surface area contributed by atoms with Crippen molar-refractivity contribution >= 4 is 122 Å². The molecule has 6 rings (SSSR count). The molecule has 2 saturated carbocycles. The Bertz CT molecular complexity index is 2100. The van der Waals surface area contributed by atoms with Crippen molar-refractivity contribution in [3.8, 4) is 0 Å². The van der Waals surface area contributed by atoms with E-state index in [1.54, 1.807) is 62.4 Å². The summed E-state index contributed by atoms with van der Waals surface area (Å²) in [6, 6.07) is 16.4. The number of ketones is 1. The third-order valence-corrected chi connectivity index (χ3v) is 14.6. The highest BCUT2D eigenvalue weighted by Crippen LogP contribution is 2.62. The van der Waals surface area contributed by atoms with Crippen molar-refractivity contribution in [2.24, 2.45) is 22.7 Å². The first-order valence-electron chi connectivity index (χ1n) is 19.5. The third kappa shape index (κ3) is 10.3. The first-order chi connectivity index (χ1) is 29.3. The second-order valence-electron chi connectivity index (χ2n) is 16.6. The lowest BCUT2D eigenvalue weighted by atomic mass is 9.46. The zero-order chi connectivity index (χ0) is 46.4. The van der Waals surface area contributed by atoms with E-state index in [1.165, 1.54) is 26.0 Å². The van der Waals surface area contributed by atoms with Gasteiger partial charge >= 0.3 is 24.2 Å². The number of hydrogen-bond acceptors (Lipinski definition) is 14. The molecule has 2 aromatic carbocycles. The Balaban J connectivity index is 1.51. The van der Waals surface area contributed by atoms with Gasteiger partial charge in [0.05, 0.1) is 33.7 Å². The van der Waals surface area contributed by atoms with Gasteiger partial charge in [0.1, 0.15) is 31.0 Å². The van der Waals surface area contributed by atoms with E-state index >= 15 is 4.79 Å². The second kappa shape index (κ2) is 19.1. The number of ether oxygens (including phenoxy) is 7. The van der Waals surface area contributed by atoms with Crippen LogP contribution < -0.4 is 0 Å². The second-order valence-corrected chi connectivity index (χ2v) is 23.0. The number of rotatable bonds is 10. The van der Waals surface area contributed by atoms with Gasteiger partial charge in [-0.15, -0.1) is 0 Å². The number of hydrogen-bond donors (Lipinski definition) is 2. The van der Waals surface area contributed by atoms with Crippen LogP contribution in [0.2, 0.25) is 0 Å². The molecule has 1 heterocycles. The molecule has 2 N–H and O–H groups in total. The van der Waals surface area contributed by atoms with Gasteiger partial charge < -0.3 is 43.4 Å². The van der Waals surface area contributed by atoms with Gasteiger partial charge in [0, 0.05) is 30.1 Å². The number of carbonyl (C=O) groups excluding carboxylic acids is 5. The van der Waals surface area contributed by atoms with E-state index in [0.717, 1.165) is 0 Å². The summed E-state index contributed by atoms with van der Waals surface area (Å²) in [5.41, 5.74) is -5.16. The van der Waals surface area contributed by atoms with Gasteiger partial charge in [-0.2, -0.15) is 0 Å². The number of carbonyl (C=O) groups is 5. The summed E-state index contributed by atoms with van der Waals surface area (Å²) in [4.78, 5) is 70.7. The summed E-state index contributed by atoms with van der Waals surface area (Å²) in [6.07, 6.45) is -12.2. The summed E-state index contributed by atoms with van der Waals surface area (Å²) in [5.74, 6) is -4.61. The Morgan fingerprint density at radius 2 is 1.44 bits per heavy atom. The Morgan fingerprint density at radius 1 is 0.873 bits per heavy atom. The number of esters is 2. The molecule has 2 bridgehead atoms. The smallest absolute Gasteiger partial charge is 0.455 e. The molecular formula is C42H43Cl6IO14. The molecule has 3 fully saturated rings. The SMILES string of the molecule is CC1=C2[C@@H](OC(=O)OCC(Cl)(Cl)Cl)C(=O)[C@@]3(C)C([C@@H]4CO[C@@H]4C[C@@H]3O)[C@H](OC(=O)c3ccccc3)[C@](O)(C[C@@H]1OC(=O)[C@H](OC(=O)OCC(Cl)(Cl)Cl)[C@@H](I)c1ccccc1)C2(C)C. The number of halogens is 7. The van der Waals surface area contributed by atoms with E-state index in [9.17, 15) is 29.4 Å². The van der Waals surface area contributed by atoms with Gasteiger partial charge in [-0.1, -0.05) is 155 Å². The van der Waals surface area contributed by atoms with Gasteiger partial charge in [-0.3, -0.25) is 4.79 Å². The lowest BCUT2D eigenvalue weighted by Gasteiger charge is -2.64. The molecule has 0 aromatic heterocycles. The highest BCUT2D eigenvalue weighted by molar-refractivity contribution is 14.1. The number of aliphatic hydroxyl groups excluding tert-OH is 1. The van der Waals surface area contributed by atoms with Crippen LogP contribution in [0.3, 0.4) is 0 Å². The topological polar surface area (TPSA) is 190 Å². The van der Waals surface area contributed by atoms with Crippen LogP contribution in [-0.2, 0) is 42.7 Å². The van der Waals surface area contributed by atoms with Crippen molar-refractivity contribution in [3.05, 3.63) is 82.9 Å². The predicted molar refractivity (Wildman–Crippen MR) is 238 cm³/mol. The Morgan fingerprint density at radius 3 is 2.00 bits per heavy atom. The zero-order valence-electron chi connectivity index (χ0n) is 33.9. The van der Waals surface area contributed by atoms with Crippen LogP contribution in [0.5, 0.6) is 0 Å². The maximum atomic E-state index is 15.5. The molecule has 21 heteroatoms. The van der Waals surface area contributed by atoms with Crippen LogP contribution in [0.15, 0.2) is 71.8 Å². The van der Waals surface area contributed by atoms with E-state index in [1.807, 2.05) is 22.6 Å². The molecule has 1 unspecified atom stereocenters.